The number of rotatable bonds is 8. The van der Waals surface area contributed by atoms with E-state index in [2.05, 4.69) is 72.8 Å². The molecule has 0 radical (unpaired) electrons. The van der Waals surface area contributed by atoms with Gasteiger partial charge in [0.15, 0.2) is 0 Å². The first kappa shape index (κ1) is 35.8. The highest BCUT2D eigenvalue weighted by atomic mass is 16.6. The first-order chi connectivity index (χ1) is 29.9. The second-order valence-electron chi connectivity index (χ2n) is 15.0. The molecule has 0 saturated heterocycles. The van der Waals surface area contributed by atoms with Crippen molar-refractivity contribution in [1.29, 1.82) is 0 Å². The van der Waals surface area contributed by atoms with Gasteiger partial charge in [0.05, 0.1) is 27.7 Å². The number of hydrogen-bond donors (Lipinski definition) is 0. The van der Waals surface area contributed by atoms with E-state index in [-0.39, 0.29) is 22.3 Å². The third-order valence-electron chi connectivity index (χ3n) is 11.6. The molecule has 0 bridgehead atoms. The number of cyclic esters (lactones) is 4. The molecule has 8 heteroatoms. The minimum atomic E-state index is -0.841. The average Bonchev–Trinajstić information content (AvgIpc) is 3.88. The maximum absolute atomic E-state index is 12.5. The number of ether oxygens (including phenoxy) is 4. The summed E-state index contributed by atoms with van der Waals surface area (Å²) < 4.78 is 22.8. The fraction of sp³-hybridized carbons (Fsp3) is 0.0189. The highest BCUT2D eigenvalue weighted by Crippen LogP contribution is 2.58. The van der Waals surface area contributed by atoms with Gasteiger partial charge in [-0.2, -0.15) is 0 Å². The van der Waals surface area contributed by atoms with Gasteiger partial charge in [-0.25, -0.2) is 19.2 Å². The van der Waals surface area contributed by atoms with Crippen LogP contribution in [0.2, 0.25) is 0 Å². The largest absolute Gasteiger partial charge is 0.457 e. The fourth-order valence-electron chi connectivity index (χ4n) is 8.92. The molecule has 0 unspecified atom stereocenters. The Kier molecular flexibility index (Phi) is 8.15. The van der Waals surface area contributed by atoms with E-state index in [1.807, 2.05) is 72.8 Å². The normalized spacial score (nSPS) is 14.1. The summed E-state index contributed by atoms with van der Waals surface area (Å²) >= 11 is 0. The van der Waals surface area contributed by atoms with E-state index in [0.29, 0.717) is 23.0 Å². The molecule has 0 saturated carbocycles. The Morgan fingerprint density at radius 3 is 1.16 bits per heavy atom. The Bertz CT molecular complexity index is 2950. The molecular formula is C53H30O8. The van der Waals surface area contributed by atoms with E-state index in [9.17, 15) is 19.2 Å². The van der Waals surface area contributed by atoms with Crippen molar-refractivity contribution in [1.82, 2.24) is 0 Å². The van der Waals surface area contributed by atoms with Crippen LogP contribution in [0.4, 0.5) is 0 Å². The van der Waals surface area contributed by atoms with Crippen LogP contribution in [0.1, 0.15) is 63.7 Å². The summed E-state index contributed by atoms with van der Waals surface area (Å²) in [4.78, 5) is 49.4. The lowest BCUT2D eigenvalue weighted by Gasteiger charge is -2.35. The lowest BCUT2D eigenvalue weighted by Crippen LogP contribution is -2.28. The molecule has 0 N–H and O–H groups in total. The molecule has 11 rings (SSSR count). The van der Waals surface area contributed by atoms with E-state index >= 15 is 0 Å². The summed E-state index contributed by atoms with van der Waals surface area (Å²) in [5.74, 6) is -0.884. The molecule has 0 atom stereocenters. The van der Waals surface area contributed by atoms with E-state index in [0.717, 1.165) is 55.6 Å². The van der Waals surface area contributed by atoms with Gasteiger partial charge in [0.1, 0.15) is 23.0 Å². The second kappa shape index (κ2) is 13.9. The van der Waals surface area contributed by atoms with E-state index < -0.39 is 29.3 Å². The standard InChI is InChI=1S/C53H30O8/c54-49-39-23-21-35(29-43(39)51(56)60-49)58-47-25-19-33(27-41(47)31-11-3-1-4-12-31)53(45-17-9-7-15-37(45)38-16-8-10-18-46(38)53)34-20-26-48(42(28-34)32-13-5-2-6-14-32)59-36-22-24-40-44(30-36)52(57)61-50(40)55/h1-30H. The molecule has 0 fully saturated rings. The van der Waals surface area contributed by atoms with Crippen molar-refractivity contribution < 1.29 is 38.1 Å². The van der Waals surface area contributed by atoms with Crippen LogP contribution in [-0.4, -0.2) is 23.9 Å². The predicted octanol–water partition coefficient (Wildman–Crippen LogP) is 11.6. The summed E-state index contributed by atoms with van der Waals surface area (Å²) in [7, 11) is 0. The first-order valence-corrected chi connectivity index (χ1v) is 19.6. The average molecular weight is 795 g/mol. The maximum atomic E-state index is 12.5. The van der Waals surface area contributed by atoms with Gasteiger partial charge >= 0.3 is 23.9 Å². The van der Waals surface area contributed by atoms with Gasteiger partial charge in [0.2, 0.25) is 0 Å². The number of carbonyl (C=O) groups is 4. The molecule has 290 valence electrons. The quantitative estimate of drug-likeness (QED) is 0.111. The monoisotopic (exact) mass is 794 g/mol. The molecule has 1 aliphatic carbocycles. The van der Waals surface area contributed by atoms with Crippen LogP contribution in [0.15, 0.2) is 182 Å². The topological polar surface area (TPSA) is 105 Å². The zero-order valence-corrected chi connectivity index (χ0v) is 32.1. The number of esters is 4. The Morgan fingerprint density at radius 2 is 0.721 bits per heavy atom. The molecule has 0 aromatic heterocycles. The molecule has 2 heterocycles. The molecule has 2 aliphatic heterocycles. The van der Waals surface area contributed by atoms with Crippen molar-refractivity contribution in [2.24, 2.45) is 0 Å². The van der Waals surface area contributed by atoms with Crippen molar-refractivity contribution in [3.8, 4) is 56.4 Å². The minimum absolute atomic E-state index is 0.161. The molecule has 8 nitrogen and oxygen atoms in total. The zero-order valence-electron chi connectivity index (χ0n) is 32.1. The molecule has 0 spiro atoms. The number of hydrogen-bond acceptors (Lipinski definition) is 8. The van der Waals surface area contributed by atoms with Gasteiger partial charge in [-0.1, -0.05) is 121 Å². The number of fused-ring (bicyclic) bond motifs is 5. The smallest absolute Gasteiger partial charge is 0.347 e. The van der Waals surface area contributed by atoms with Crippen LogP contribution in [0.25, 0.3) is 33.4 Å². The van der Waals surface area contributed by atoms with Gasteiger partial charge in [-0.05, 0) is 105 Å². The summed E-state index contributed by atoms with van der Waals surface area (Å²) in [6.45, 7) is 0. The molecule has 61 heavy (non-hydrogen) atoms. The van der Waals surface area contributed by atoms with E-state index in [1.165, 1.54) is 0 Å². The SMILES string of the molecule is O=C1OC(=O)c2cc(Oc3ccc(C4(c5ccc(Oc6ccc7c(c6)C(=O)OC7=O)c(-c6ccccc6)c5)c5ccccc5-c5ccccc54)cc3-c3ccccc3)ccc21. The number of benzene rings is 8. The lowest BCUT2D eigenvalue weighted by molar-refractivity contribution is 0.0425. The summed E-state index contributed by atoms with van der Waals surface area (Å²) in [5, 5.41) is 0. The molecule has 8 aromatic rings. The third kappa shape index (κ3) is 5.68. The van der Waals surface area contributed by atoms with Gasteiger partial charge in [0, 0.05) is 11.1 Å². The van der Waals surface area contributed by atoms with Crippen molar-refractivity contribution in [3.63, 3.8) is 0 Å². The van der Waals surface area contributed by atoms with Gasteiger partial charge in [-0.15, -0.1) is 0 Å². The van der Waals surface area contributed by atoms with Crippen molar-refractivity contribution in [2.75, 3.05) is 0 Å². The Balaban J connectivity index is 1.12. The van der Waals surface area contributed by atoms with E-state index in [4.69, 9.17) is 18.9 Å². The third-order valence-corrected chi connectivity index (χ3v) is 11.6. The Hall–Kier alpha value is -8.36. The first-order valence-electron chi connectivity index (χ1n) is 19.6. The Labute approximate surface area is 349 Å². The van der Waals surface area contributed by atoms with Crippen LogP contribution in [-0.2, 0) is 14.9 Å². The van der Waals surface area contributed by atoms with Crippen molar-refractivity contribution in [2.45, 2.75) is 5.41 Å². The Morgan fingerprint density at radius 1 is 0.328 bits per heavy atom. The molecule has 0 amide bonds. The van der Waals surface area contributed by atoms with Gasteiger partial charge < -0.3 is 18.9 Å². The van der Waals surface area contributed by atoms with Crippen LogP contribution < -0.4 is 9.47 Å². The predicted molar refractivity (Wildman–Crippen MR) is 227 cm³/mol. The van der Waals surface area contributed by atoms with Crippen LogP contribution in [0.3, 0.4) is 0 Å². The number of carbonyl (C=O) groups excluding carboxylic acids is 4. The molecule has 8 aromatic carbocycles. The van der Waals surface area contributed by atoms with Crippen molar-refractivity contribution >= 4 is 23.9 Å². The second-order valence-corrected chi connectivity index (χ2v) is 15.0. The fourth-order valence-corrected chi connectivity index (χ4v) is 8.92. The zero-order chi connectivity index (χ0) is 41.2. The minimum Gasteiger partial charge on any atom is -0.457 e. The summed E-state index contributed by atoms with van der Waals surface area (Å²) in [6, 6.07) is 58.8. The highest BCUT2D eigenvalue weighted by molar-refractivity contribution is 6.15. The van der Waals surface area contributed by atoms with Crippen LogP contribution >= 0.6 is 0 Å². The van der Waals surface area contributed by atoms with E-state index in [1.54, 1.807) is 36.4 Å². The lowest BCUT2D eigenvalue weighted by atomic mass is 9.67. The van der Waals surface area contributed by atoms with Crippen LogP contribution in [0, 0.1) is 0 Å². The highest BCUT2D eigenvalue weighted by Gasteiger charge is 2.46. The van der Waals surface area contributed by atoms with Gasteiger partial charge in [0.25, 0.3) is 0 Å². The summed E-state index contributed by atoms with van der Waals surface area (Å²) in [6.07, 6.45) is 0. The maximum Gasteiger partial charge on any atom is 0.347 e. The van der Waals surface area contributed by atoms with Crippen LogP contribution in [0.5, 0.6) is 23.0 Å². The molecule has 3 aliphatic rings. The summed E-state index contributed by atoms with van der Waals surface area (Å²) in [5.41, 5.74) is 9.73. The van der Waals surface area contributed by atoms with Gasteiger partial charge in [-0.3, -0.25) is 0 Å². The van der Waals surface area contributed by atoms with Crippen molar-refractivity contribution in [3.05, 3.63) is 226 Å². The molecular weight excluding hydrogens is 765 g/mol.